The average molecular weight is 161 g/mol. The second kappa shape index (κ2) is 9.27. The minimum absolute atomic E-state index is 0.208. The van der Waals surface area contributed by atoms with E-state index in [1.807, 2.05) is 27.7 Å². The van der Waals surface area contributed by atoms with Crippen LogP contribution < -0.4 is 0 Å². The highest BCUT2D eigenvalue weighted by molar-refractivity contribution is 5.68. The number of ether oxygens (including phenoxy) is 1. The van der Waals surface area contributed by atoms with Crippen molar-refractivity contribution in [3.63, 3.8) is 0 Å². The Morgan fingerprint density at radius 1 is 1.27 bits per heavy atom. The molecule has 11 heavy (non-hydrogen) atoms. The van der Waals surface area contributed by atoms with E-state index in [0.29, 0.717) is 6.61 Å². The number of likely N-dealkylation sites (N-methyl/N-ethyl adjacent to an activating group) is 1. The third-order valence-electron chi connectivity index (χ3n) is 0.964. The Balaban J connectivity index is 0. The Kier molecular flexibility index (Phi) is 10.9. The van der Waals surface area contributed by atoms with Gasteiger partial charge in [-0.15, -0.1) is 0 Å². The number of carbonyl (C=O) groups is 1. The van der Waals surface area contributed by atoms with Crippen molar-refractivity contribution in [1.29, 1.82) is 0 Å². The number of hydrogen-bond donors (Lipinski definition) is 0. The second-order valence-electron chi connectivity index (χ2n) is 1.54. The van der Waals surface area contributed by atoms with E-state index in [1.54, 1.807) is 11.9 Å². The van der Waals surface area contributed by atoms with Crippen molar-refractivity contribution < 1.29 is 9.53 Å². The van der Waals surface area contributed by atoms with E-state index >= 15 is 0 Å². The molecular weight excluding hydrogens is 142 g/mol. The molecule has 0 N–H and O–H groups in total. The molecule has 1 amide bonds. The molecule has 0 atom stereocenters. The lowest BCUT2D eigenvalue weighted by molar-refractivity contribution is 0.163. The van der Waals surface area contributed by atoms with Gasteiger partial charge in [-0.05, 0) is 0 Å². The van der Waals surface area contributed by atoms with Crippen LogP contribution in [0.4, 0.5) is 4.79 Å². The zero-order chi connectivity index (χ0) is 9.28. The SMILES string of the molecule is CC.CC.CN1CCOC1=O. The van der Waals surface area contributed by atoms with Gasteiger partial charge in [0.2, 0.25) is 0 Å². The quantitative estimate of drug-likeness (QED) is 0.544. The number of rotatable bonds is 0. The fourth-order valence-corrected chi connectivity index (χ4v) is 0.471. The van der Waals surface area contributed by atoms with Crippen LogP contribution in [0.15, 0.2) is 0 Å². The summed E-state index contributed by atoms with van der Waals surface area (Å²) in [5.41, 5.74) is 0. The Morgan fingerprint density at radius 2 is 1.73 bits per heavy atom. The minimum Gasteiger partial charge on any atom is -0.448 e. The van der Waals surface area contributed by atoms with Crippen molar-refractivity contribution in [2.75, 3.05) is 20.2 Å². The Labute approximate surface area is 69.3 Å². The van der Waals surface area contributed by atoms with Crippen LogP contribution in [0.3, 0.4) is 0 Å². The summed E-state index contributed by atoms with van der Waals surface area (Å²) in [6.07, 6.45) is -0.208. The third-order valence-corrected chi connectivity index (χ3v) is 0.964. The van der Waals surface area contributed by atoms with E-state index < -0.39 is 0 Å². The highest BCUT2D eigenvalue weighted by Gasteiger charge is 2.15. The van der Waals surface area contributed by atoms with Crippen LogP contribution in [0.25, 0.3) is 0 Å². The number of nitrogens with zero attached hydrogens (tertiary/aromatic N) is 1. The van der Waals surface area contributed by atoms with Gasteiger partial charge in [0, 0.05) is 7.05 Å². The summed E-state index contributed by atoms with van der Waals surface area (Å²) >= 11 is 0. The molecule has 0 bridgehead atoms. The van der Waals surface area contributed by atoms with Crippen LogP contribution in [-0.4, -0.2) is 31.2 Å². The summed E-state index contributed by atoms with van der Waals surface area (Å²) in [5, 5.41) is 0. The van der Waals surface area contributed by atoms with Gasteiger partial charge in [-0.1, -0.05) is 27.7 Å². The van der Waals surface area contributed by atoms with E-state index in [0.717, 1.165) is 6.54 Å². The number of carbonyl (C=O) groups excluding carboxylic acids is 1. The van der Waals surface area contributed by atoms with Gasteiger partial charge in [-0.25, -0.2) is 4.79 Å². The maximum Gasteiger partial charge on any atom is 0.409 e. The molecule has 3 heteroatoms. The van der Waals surface area contributed by atoms with E-state index in [1.165, 1.54) is 0 Å². The minimum atomic E-state index is -0.208. The molecule has 1 aliphatic rings. The predicted octanol–water partition coefficient (Wildman–Crippen LogP) is 2.12. The Bertz CT molecular complexity index is 94.1. The Hall–Kier alpha value is -0.730. The van der Waals surface area contributed by atoms with Crippen LogP contribution in [0, 0.1) is 0 Å². The van der Waals surface area contributed by atoms with E-state index in [4.69, 9.17) is 0 Å². The van der Waals surface area contributed by atoms with Crippen LogP contribution in [-0.2, 0) is 4.74 Å². The number of amides is 1. The first-order chi connectivity index (χ1) is 5.30. The maximum atomic E-state index is 10.3. The lowest BCUT2D eigenvalue weighted by atomic mass is 10.7. The van der Waals surface area contributed by atoms with Gasteiger partial charge in [0.15, 0.2) is 0 Å². The average Bonchev–Trinajstić information content (AvgIpc) is 2.44. The van der Waals surface area contributed by atoms with Gasteiger partial charge in [0.25, 0.3) is 0 Å². The van der Waals surface area contributed by atoms with Gasteiger partial charge in [-0.2, -0.15) is 0 Å². The zero-order valence-corrected chi connectivity index (χ0v) is 8.18. The van der Waals surface area contributed by atoms with Gasteiger partial charge in [0.05, 0.1) is 6.54 Å². The summed E-state index contributed by atoms with van der Waals surface area (Å²) in [5.74, 6) is 0. The molecule has 3 nitrogen and oxygen atoms in total. The summed E-state index contributed by atoms with van der Waals surface area (Å²) in [6, 6.07) is 0. The molecule has 1 aliphatic heterocycles. The number of hydrogen-bond acceptors (Lipinski definition) is 2. The van der Waals surface area contributed by atoms with E-state index in [-0.39, 0.29) is 6.09 Å². The fraction of sp³-hybridized carbons (Fsp3) is 0.875. The molecule has 0 spiro atoms. The molecule has 0 radical (unpaired) electrons. The molecular formula is C8H19NO2. The molecule has 0 saturated carbocycles. The summed E-state index contributed by atoms with van der Waals surface area (Å²) in [7, 11) is 1.72. The molecule has 1 saturated heterocycles. The largest absolute Gasteiger partial charge is 0.448 e. The van der Waals surface area contributed by atoms with Crippen molar-refractivity contribution in [2.24, 2.45) is 0 Å². The Morgan fingerprint density at radius 3 is 1.82 bits per heavy atom. The summed E-state index contributed by atoms with van der Waals surface area (Å²) in [4.78, 5) is 11.8. The van der Waals surface area contributed by atoms with Gasteiger partial charge in [-0.3, -0.25) is 0 Å². The molecule has 1 rings (SSSR count). The third kappa shape index (κ3) is 5.70. The van der Waals surface area contributed by atoms with E-state index in [9.17, 15) is 4.79 Å². The van der Waals surface area contributed by atoms with Crippen molar-refractivity contribution in [3.05, 3.63) is 0 Å². The lowest BCUT2D eigenvalue weighted by Gasteiger charge is -1.98. The van der Waals surface area contributed by atoms with Crippen molar-refractivity contribution >= 4 is 6.09 Å². The predicted molar refractivity (Wildman–Crippen MR) is 46.7 cm³/mol. The molecule has 0 aliphatic carbocycles. The topological polar surface area (TPSA) is 29.5 Å². The zero-order valence-electron chi connectivity index (χ0n) is 8.18. The van der Waals surface area contributed by atoms with Gasteiger partial charge >= 0.3 is 6.09 Å². The van der Waals surface area contributed by atoms with Crippen LogP contribution in [0.2, 0.25) is 0 Å². The second-order valence-corrected chi connectivity index (χ2v) is 1.54. The summed E-state index contributed by atoms with van der Waals surface area (Å²) in [6.45, 7) is 9.29. The monoisotopic (exact) mass is 161 g/mol. The molecule has 1 heterocycles. The van der Waals surface area contributed by atoms with Crippen LogP contribution in [0.5, 0.6) is 0 Å². The highest BCUT2D eigenvalue weighted by atomic mass is 16.6. The maximum absolute atomic E-state index is 10.3. The molecule has 0 aromatic rings. The van der Waals surface area contributed by atoms with Gasteiger partial charge in [0.1, 0.15) is 6.61 Å². The molecule has 68 valence electrons. The van der Waals surface area contributed by atoms with E-state index in [2.05, 4.69) is 4.74 Å². The first-order valence-corrected chi connectivity index (χ1v) is 4.18. The van der Waals surface area contributed by atoms with Crippen LogP contribution in [0.1, 0.15) is 27.7 Å². The first-order valence-electron chi connectivity index (χ1n) is 4.18. The molecule has 0 aromatic heterocycles. The molecule has 0 aromatic carbocycles. The van der Waals surface area contributed by atoms with Gasteiger partial charge < -0.3 is 9.64 Å². The first kappa shape index (κ1) is 12.9. The summed E-state index contributed by atoms with van der Waals surface area (Å²) < 4.78 is 4.55. The molecule has 0 unspecified atom stereocenters. The normalized spacial score (nSPS) is 13.9. The number of cyclic esters (lactones) is 1. The lowest BCUT2D eigenvalue weighted by Crippen LogP contribution is -2.17. The van der Waals surface area contributed by atoms with Crippen molar-refractivity contribution in [3.8, 4) is 0 Å². The van der Waals surface area contributed by atoms with Crippen LogP contribution >= 0.6 is 0 Å². The van der Waals surface area contributed by atoms with Crippen molar-refractivity contribution in [2.45, 2.75) is 27.7 Å². The smallest absolute Gasteiger partial charge is 0.409 e. The highest BCUT2D eigenvalue weighted by Crippen LogP contribution is 1.96. The molecule has 1 fully saturated rings. The standard InChI is InChI=1S/C4H7NO2.2C2H6/c1-5-2-3-7-4(5)6;2*1-2/h2-3H2,1H3;2*1-2H3. The van der Waals surface area contributed by atoms with Crippen molar-refractivity contribution in [1.82, 2.24) is 4.90 Å². The fourth-order valence-electron chi connectivity index (χ4n) is 0.471.